The van der Waals surface area contributed by atoms with Gasteiger partial charge in [-0.1, -0.05) is 36.7 Å². The molecule has 2 aromatic carbocycles. The first-order chi connectivity index (χ1) is 9.11. The molecule has 0 amide bonds. The van der Waals surface area contributed by atoms with Gasteiger partial charge in [-0.15, -0.1) is 0 Å². The number of hydrogen-bond acceptors (Lipinski definition) is 2. The fourth-order valence-electron chi connectivity index (χ4n) is 1.77. The largest absolute Gasteiger partial charge is 0.457 e. The normalized spacial score (nSPS) is 12.2. The number of rotatable bonds is 4. The van der Waals surface area contributed by atoms with Crippen LogP contribution in [-0.2, 0) is 0 Å². The Labute approximate surface area is 117 Å². The Morgan fingerprint density at radius 3 is 2.68 bits per heavy atom. The molecule has 2 N–H and O–H groups in total. The van der Waals surface area contributed by atoms with E-state index in [9.17, 15) is 4.39 Å². The standard InChI is InChI=1S/C15H15ClFNO/c1-2-14(18)11-5-3-4-6-15(11)19-10-7-8-13(17)12(16)9-10/h3-9,14H,2,18H2,1H3/t14-/m0/s1. The van der Waals surface area contributed by atoms with E-state index in [4.69, 9.17) is 22.1 Å². The maximum absolute atomic E-state index is 13.1. The molecule has 100 valence electrons. The van der Waals surface area contributed by atoms with E-state index in [0.29, 0.717) is 11.5 Å². The molecule has 0 aliphatic heterocycles. The van der Waals surface area contributed by atoms with E-state index in [1.807, 2.05) is 31.2 Å². The Balaban J connectivity index is 2.30. The summed E-state index contributed by atoms with van der Waals surface area (Å²) in [5.41, 5.74) is 6.96. The minimum atomic E-state index is -0.465. The first-order valence-electron chi connectivity index (χ1n) is 6.09. The molecule has 2 rings (SSSR count). The molecule has 2 nitrogen and oxygen atoms in total. The molecule has 0 bridgehead atoms. The lowest BCUT2D eigenvalue weighted by atomic mass is 10.0. The minimum absolute atomic E-state index is 0.0368. The van der Waals surface area contributed by atoms with Gasteiger partial charge in [-0.3, -0.25) is 0 Å². The van der Waals surface area contributed by atoms with E-state index in [0.717, 1.165) is 12.0 Å². The van der Waals surface area contributed by atoms with Gasteiger partial charge in [-0.2, -0.15) is 0 Å². The first-order valence-corrected chi connectivity index (χ1v) is 6.47. The maximum Gasteiger partial charge on any atom is 0.142 e. The summed E-state index contributed by atoms with van der Waals surface area (Å²) in [6.07, 6.45) is 0.810. The van der Waals surface area contributed by atoms with E-state index in [1.54, 1.807) is 0 Å². The molecule has 0 aliphatic carbocycles. The molecule has 0 aromatic heterocycles. The number of hydrogen-bond donors (Lipinski definition) is 1. The third-order valence-corrected chi connectivity index (χ3v) is 3.17. The van der Waals surface area contributed by atoms with Crippen LogP contribution in [0.25, 0.3) is 0 Å². The van der Waals surface area contributed by atoms with E-state index in [2.05, 4.69) is 0 Å². The Bertz CT molecular complexity index is 574. The molecule has 2 aromatic rings. The summed E-state index contributed by atoms with van der Waals surface area (Å²) >= 11 is 5.73. The van der Waals surface area contributed by atoms with Crippen LogP contribution in [0.1, 0.15) is 24.9 Å². The van der Waals surface area contributed by atoms with Crippen molar-refractivity contribution in [2.45, 2.75) is 19.4 Å². The summed E-state index contributed by atoms with van der Waals surface area (Å²) in [5, 5.41) is 0.0368. The van der Waals surface area contributed by atoms with Gasteiger partial charge in [0.05, 0.1) is 5.02 Å². The molecule has 19 heavy (non-hydrogen) atoms. The molecule has 0 heterocycles. The van der Waals surface area contributed by atoms with Gasteiger partial charge in [0, 0.05) is 17.7 Å². The van der Waals surface area contributed by atoms with Crippen LogP contribution in [0.4, 0.5) is 4.39 Å². The second kappa shape index (κ2) is 6.04. The number of ether oxygens (including phenoxy) is 1. The predicted molar refractivity (Wildman–Crippen MR) is 75.1 cm³/mol. The Morgan fingerprint density at radius 1 is 1.26 bits per heavy atom. The van der Waals surface area contributed by atoms with Crippen molar-refractivity contribution < 1.29 is 9.13 Å². The van der Waals surface area contributed by atoms with Gasteiger partial charge in [-0.25, -0.2) is 4.39 Å². The molecule has 0 saturated heterocycles. The van der Waals surface area contributed by atoms with Gasteiger partial charge in [0.2, 0.25) is 0 Å². The Kier molecular flexibility index (Phi) is 4.40. The molecule has 4 heteroatoms. The summed E-state index contributed by atoms with van der Waals surface area (Å²) in [7, 11) is 0. The van der Waals surface area contributed by atoms with E-state index in [-0.39, 0.29) is 11.1 Å². The Hall–Kier alpha value is -1.58. The summed E-state index contributed by atoms with van der Waals surface area (Å²) in [6, 6.07) is 11.7. The van der Waals surface area contributed by atoms with Crippen molar-refractivity contribution in [3.63, 3.8) is 0 Å². The van der Waals surface area contributed by atoms with E-state index in [1.165, 1.54) is 18.2 Å². The highest BCUT2D eigenvalue weighted by Crippen LogP contribution is 2.31. The minimum Gasteiger partial charge on any atom is -0.457 e. The van der Waals surface area contributed by atoms with Crippen molar-refractivity contribution in [2.75, 3.05) is 0 Å². The van der Waals surface area contributed by atoms with Crippen LogP contribution >= 0.6 is 11.6 Å². The average molecular weight is 280 g/mol. The summed E-state index contributed by atoms with van der Waals surface area (Å²) < 4.78 is 18.8. The molecule has 0 spiro atoms. The van der Waals surface area contributed by atoms with Crippen LogP contribution in [0.5, 0.6) is 11.5 Å². The molecular formula is C15H15ClFNO. The molecule has 0 fully saturated rings. The lowest BCUT2D eigenvalue weighted by molar-refractivity contribution is 0.467. The van der Waals surface area contributed by atoms with E-state index < -0.39 is 5.82 Å². The van der Waals surface area contributed by atoms with Crippen LogP contribution in [0, 0.1) is 5.82 Å². The second-order valence-corrected chi connectivity index (χ2v) is 4.64. The van der Waals surface area contributed by atoms with Gasteiger partial charge in [0.25, 0.3) is 0 Å². The van der Waals surface area contributed by atoms with Crippen molar-refractivity contribution in [1.29, 1.82) is 0 Å². The van der Waals surface area contributed by atoms with Crippen molar-refractivity contribution in [3.8, 4) is 11.5 Å². The predicted octanol–water partition coefficient (Wildman–Crippen LogP) is 4.68. The SMILES string of the molecule is CC[C@H](N)c1ccccc1Oc1ccc(F)c(Cl)c1. The number of nitrogens with two attached hydrogens (primary N) is 1. The average Bonchev–Trinajstić information content (AvgIpc) is 2.43. The molecule has 0 saturated carbocycles. The van der Waals surface area contributed by atoms with Crippen LogP contribution < -0.4 is 10.5 Å². The summed E-state index contributed by atoms with van der Waals surface area (Å²) in [5.74, 6) is 0.689. The fourth-order valence-corrected chi connectivity index (χ4v) is 1.94. The molecule has 0 radical (unpaired) electrons. The van der Waals surface area contributed by atoms with Gasteiger partial charge >= 0.3 is 0 Å². The Morgan fingerprint density at radius 2 is 2.00 bits per heavy atom. The monoisotopic (exact) mass is 279 g/mol. The van der Waals surface area contributed by atoms with Gasteiger partial charge in [-0.05, 0) is 24.6 Å². The molecule has 0 unspecified atom stereocenters. The topological polar surface area (TPSA) is 35.2 Å². The third kappa shape index (κ3) is 3.25. The van der Waals surface area contributed by atoms with E-state index >= 15 is 0 Å². The van der Waals surface area contributed by atoms with Crippen LogP contribution in [0.15, 0.2) is 42.5 Å². The van der Waals surface area contributed by atoms with Crippen molar-refractivity contribution in [1.82, 2.24) is 0 Å². The number of halogens is 2. The van der Waals surface area contributed by atoms with Crippen LogP contribution in [0.3, 0.4) is 0 Å². The molecule has 0 aliphatic rings. The van der Waals surface area contributed by atoms with Gasteiger partial charge < -0.3 is 10.5 Å². The lowest BCUT2D eigenvalue weighted by Gasteiger charge is -2.15. The highest BCUT2D eigenvalue weighted by Gasteiger charge is 2.11. The van der Waals surface area contributed by atoms with Crippen LogP contribution in [0.2, 0.25) is 5.02 Å². The quantitative estimate of drug-likeness (QED) is 0.882. The van der Waals surface area contributed by atoms with Gasteiger partial charge in [0.1, 0.15) is 17.3 Å². The second-order valence-electron chi connectivity index (χ2n) is 4.23. The van der Waals surface area contributed by atoms with Gasteiger partial charge in [0.15, 0.2) is 0 Å². The summed E-state index contributed by atoms with van der Waals surface area (Å²) in [4.78, 5) is 0. The zero-order chi connectivity index (χ0) is 13.8. The number of benzene rings is 2. The highest BCUT2D eigenvalue weighted by molar-refractivity contribution is 6.30. The highest BCUT2D eigenvalue weighted by atomic mass is 35.5. The number of para-hydroxylation sites is 1. The summed E-state index contributed by atoms with van der Waals surface area (Å²) in [6.45, 7) is 2.01. The smallest absolute Gasteiger partial charge is 0.142 e. The van der Waals surface area contributed by atoms with Crippen molar-refractivity contribution >= 4 is 11.6 Å². The molecule has 1 atom stereocenters. The fraction of sp³-hybridized carbons (Fsp3) is 0.200. The maximum atomic E-state index is 13.1. The van der Waals surface area contributed by atoms with Crippen molar-refractivity contribution in [2.24, 2.45) is 5.73 Å². The zero-order valence-electron chi connectivity index (χ0n) is 10.6. The van der Waals surface area contributed by atoms with Crippen molar-refractivity contribution in [3.05, 3.63) is 58.9 Å². The lowest BCUT2D eigenvalue weighted by Crippen LogP contribution is -2.09. The molecular weight excluding hydrogens is 265 g/mol. The third-order valence-electron chi connectivity index (χ3n) is 2.88. The van der Waals surface area contributed by atoms with Crippen LogP contribution in [-0.4, -0.2) is 0 Å². The zero-order valence-corrected chi connectivity index (χ0v) is 11.3. The first kappa shape index (κ1) is 13.8.